The van der Waals surface area contributed by atoms with Gasteiger partial charge in [-0.25, -0.2) is 9.59 Å². The molecule has 0 bridgehead atoms. The van der Waals surface area contributed by atoms with Crippen LogP contribution in [0.3, 0.4) is 0 Å². The molecule has 9 heteroatoms. The van der Waals surface area contributed by atoms with E-state index in [1.807, 2.05) is 4.98 Å². The Morgan fingerprint density at radius 2 is 1.81 bits per heavy atom. The number of amides is 2. The van der Waals surface area contributed by atoms with E-state index in [9.17, 15) is 24.6 Å². The first-order valence-corrected chi connectivity index (χ1v) is 5.92. The van der Waals surface area contributed by atoms with Crippen molar-refractivity contribution in [1.82, 2.24) is 15.3 Å². The highest BCUT2D eigenvalue weighted by atomic mass is 16.3. The van der Waals surface area contributed by atoms with E-state index in [0.717, 1.165) is 0 Å². The molecule has 1 aliphatic heterocycles. The Labute approximate surface area is 116 Å². The topological polar surface area (TPSA) is 147 Å². The molecule has 0 fully saturated rings. The lowest BCUT2D eigenvalue weighted by molar-refractivity contribution is 0.248. The summed E-state index contributed by atoms with van der Waals surface area (Å²) in [5.74, 6) is -0.899. The number of aromatic hydroxyl groups is 2. The van der Waals surface area contributed by atoms with E-state index in [1.165, 1.54) is 18.2 Å². The van der Waals surface area contributed by atoms with Crippen molar-refractivity contribution < 1.29 is 15.0 Å². The summed E-state index contributed by atoms with van der Waals surface area (Å²) in [5.41, 5.74) is -1.33. The molecular formula is C12H10N4O5. The molecule has 0 spiro atoms. The first-order chi connectivity index (χ1) is 9.97. The molecule has 2 aromatic rings. The number of aromatic amines is 2. The molecule has 1 atom stereocenters. The van der Waals surface area contributed by atoms with Crippen LogP contribution >= 0.6 is 0 Å². The zero-order chi connectivity index (χ0) is 15.1. The number of phenols is 2. The summed E-state index contributed by atoms with van der Waals surface area (Å²) in [6.45, 7) is 0. The summed E-state index contributed by atoms with van der Waals surface area (Å²) in [6.07, 6.45) is 0. The first kappa shape index (κ1) is 12.8. The van der Waals surface area contributed by atoms with Gasteiger partial charge in [0.2, 0.25) is 0 Å². The maximum absolute atomic E-state index is 12.0. The van der Waals surface area contributed by atoms with E-state index in [-0.39, 0.29) is 22.7 Å². The van der Waals surface area contributed by atoms with Crippen LogP contribution in [0.5, 0.6) is 11.5 Å². The van der Waals surface area contributed by atoms with Crippen molar-refractivity contribution in [1.29, 1.82) is 0 Å². The average Bonchev–Trinajstić information content (AvgIpc) is 2.40. The molecule has 3 rings (SSSR count). The average molecular weight is 290 g/mol. The number of carbonyl (C=O) groups excluding carboxylic acids is 1. The van der Waals surface area contributed by atoms with E-state index >= 15 is 0 Å². The molecule has 0 radical (unpaired) electrons. The maximum atomic E-state index is 12.0. The molecule has 0 aliphatic carbocycles. The quantitative estimate of drug-likeness (QED) is 0.399. The first-order valence-electron chi connectivity index (χ1n) is 5.92. The molecule has 2 heterocycles. The molecule has 0 saturated carbocycles. The van der Waals surface area contributed by atoms with Crippen molar-refractivity contribution in [2.45, 2.75) is 6.04 Å². The smallest absolute Gasteiger partial charge is 0.327 e. The monoisotopic (exact) mass is 290 g/mol. The van der Waals surface area contributed by atoms with Crippen LogP contribution in [0.1, 0.15) is 17.2 Å². The highest BCUT2D eigenvalue weighted by molar-refractivity contribution is 5.92. The van der Waals surface area contributed by atoms with E-state index in [0.29, 0.717) is 0 Å². The van der Waals surface area contributed by atoms with Gasteiger partial charge in [0.05, 0.1) is 11.6 Å². The van der Waals surface area contributed by atoms with E-state index in [1.54, 1.807) is 0 Å². The number of phenolic OH excluding ortho intramolecular Hbond substituents is 2. The summed E-state index contributed by atoms with van der Waals surface area (Å²) in [4.78, 5) is 39.2. The van der Waals surface area contributed by atoms with Gasteiger partial charge in [0.1, 0.15) is 5.82 Å². The zero-order valence-corrected chi connectivity index (χ0v) is 10.4. The zero-order valence-electron chi connectivity index (χ0n) is 10.4. The SMILES string of the molecule is O=C1Nc2[nH]c(=O)[nH]c(=O)c2C(c2cccc(O)c2O)N1. The van der Waals surface area contributed by atoms with E-state index < -0.39 is 29.1 Å². The van der Waals surface area contributed by atoms with Crippen molar-refractivity contribution in [2.24, 2.45) is 0 Å². The molecule has 108 valence electrons. The number of benzene rings is 1. The number of aromatic nitrogens is 2. The second-order valence-electron chi connectivity index (χ2n) is 4.44. The Bertz CT molecular complexity index is 853. The number of hydrogen-bond acceptors (Lipinski definition) is 5. The van der Waals surface area contributed by atoms with Gasteiger partial charge in [0, 0.05) is 5.56 Å². The standard InChI is InChI=1S/C12H10N4O5/c17-5-3-1-2-4(8(5)18)7-6-9(14-11(20)13-7)15-12(21)16-10(6)19/h1-3,7,17-18H,(H4,13,14,15,16,19,20,21). The molecule has 1 unspecified atom stereocenters. The van der Waals surface area contributed by atoms with Crippen molar-refractivity contribution in [3.63, 3.8) is 0 Å². The molecule has 9 nitrogen and oxygen atoms in total. The minimum absolute atomic E-state index is 0.0232. The normalized spacial score (nSPS) is 16.8. The molecule has 21 heavy (non-hydrogen) atoms. The minimum atomic E-state index is -1.01. The molecule has 1 aromatic heterocycles. The molecule has 1 aliphatic rings. The Morgan fingerprint density at radius 1 is 1.05 bits per heavy atom. The third kappa shape index (κ3) is 2.00. The lowest BCUT2D eigenvalue weighted by atomic mass is 9.97. The van der Waals surface area contributed by atoms with Gasteiger partial charge in [-0.2, -0.15) is 0 Å². The Morgan fingerprint density at radius 3 is 2.57 bits per heavy atom. The Hall–Kier alpha value is -3.23. The summed E-state index contributed by atoms with van der Waals surface area (Å²) in [6, 6.07) is 2.50. The number of carbonyl (C=O) groups is 1. The minimum Gasteiger partial charge on any atom is -0.504 e. The lowest BCUT2D eigenvalue weighted by Gasteiger charge is -2.26. The number of hydrogen-bond donors (Lipinski definition) is 6. The van der Waals surface area contributed by atoms with Crippen molar-refractivity contribution in [3.05, 3.63) is 50.2 Å². The molecule has 2 amide bonds. The van der Waals surface area contributed by atoms with Crippen LogP contribution in [0, 0.1) is 0 Å². The number of rotatable bonds is 1. The van der Waals surface area contributed by atoms with Crippen molar-refractivity contribution in [3.8, 4) is 11.5 Å². The van der Waals surface area contributed by atoms with Crippen LogP contribution in [0.15, 0.2) is 27.8 Å². The lowest BCUT2D eigenvalue weighted by Crippen LogP contribution is -2.44. The summed E-state index contributed by atoms with van der Waals surface area (Å²) < 4.78 is 0. The molecule has 1 aromatic carbocycles. The van der Waals surface area contributed by atoms with Crippen molar-refractivity contribution in [2.75, 3.05) is 5.32 Å². The predicted octanol–water partition coefficient (Wildman–Crippen LogP) is -0.301. The summed E-state index contributed by atoms with van der Waals surface area (Å²) in [5, 5.41) is 24.2. The number of fused-ring (bicyclic) bond motifs is 1. The number of anilines is 1. The number of para-hydroxylation sites is 1. The van der Waals surface area contributed by atoms with E-state index in [2.05, 4.69) is 15.6 Å². The molecule has 0 saturated heterocycles. The van der Waals surface area contributed by atoms with Gasteiger partial charge in [-0.1, -0.05) is 12.1 Å². The Kier molecular flexibility index (Phi) is 2.68. The molecular weight excluding hydrogens is 280 g/mol. The highest BCUT2D eigenvalue weighted by Crippen LogP contribution is 2.37. The number of urea groups is 1. The van der Waals surface area contributed by atoms with Gasteiger partial charge in [-0.15, -0.1) is 0 Å². The van der Waals surface area contributed by atoms with Gasteiger partial charge in [-0.3, -0.25) is 20.1 Å². The van der Waals surface area contributed by atoms with Crippen LogP contribution in [-0.4, -0.2) is 26.2 Å². The third-order valence-electron chi connectivity index (χ3n) is 3.14. The maximum Gasteiger partial charge on any atom is 0.327 e. The van der Waals surface area contributed by atoms with Gasteiger partial charge in [0.25, 0.3) is 5.56 Å². The summed E-state index contributed by atoms with van der Waals surface area (Å²) in [7, 11) is 0. The van der Waals surface area contributed by atoms with Crippen LogP contribution in [0.2, 0.25) is 0 Å². The summed E-state index contributed by atoms with van der Waals surface area (Å²) >= 11 is 0. The van der Waals surface area contributed by atoms with Crippen LogP contribution in [0.4, 0.5) is 10.6 Å². The fourth-order valence-electron chi connectivity index (χ4n) is 2.24. The van der Waals surface area contributed by atoms with E-state index in [4.69, 9.17) is 0 Å². The van der Waals surface area contributed by atoms with Crippen molar-refractivity contribution >= 4 is 11.8 Å². The fraction of sp³-hybridized carbons (Fsp3) is 0.0833. The fourth-order valence-corrected chi connectivity index (χ4v) is 2.24. The van der Waals surface area contributed by atoms with Gasteiger partial charge in [0.15, 0.2) is 11.5 Å². The van der Waals surface area contributed by atoms with Gasteiger partial charge < -0.3 is 15.5 Å². The largest absolute Gasteiger partial charge is 0.504 e. The van der Waals surface area contributed by atoms with Crippen LogP contribution in [-0.2, 0) is 0 Å². The number of H-pyrrole nitrogens is 2. The van der Waals surface area contributed by atoms with Crippen LogP contribution < -0.4 is 21.9 Å². The third-order valence-corrected chi connectivity index (χ3v) is 3.14. The second-order valence-corrected chi connectivity index (χ2v) is 4.44. The highest BCUT2D eigenvalue weighted by Gasteiger charge is 2.31. The van der Waals surface area contributed by atoms with Gasteiger partial charge in [-0.05, 0) is 6.07 Å². The molecule has 6 N–H and O–H groups in total. The number of nitrogens with one attached hydrogen (secondary N) is 4. The van der Waals surface area contributed by atoms with Crippen LogP contribution in [0.25, 0.3) is 0 Å². The predicted molar refractivity (Wildman–Crippen MR) is 71.5 cm³/mol. The van der Waals surface area contributed by atoms with Gasteiger partial charge >= 0.3 is 11.7 Å². The Balaban J connectivity index is 2.27. The second kappa shape index (κ2) is 4.40.